The van der Waals surface area contributed by atoms with E-state index in [2.05, 4.69) is 22.1 Å². The van der Waals surface area contributed by atoms with Crippen LogP contribution < -0.4 is 0 Å². The summed E-state index contributed by atoms with van der Waals surface area (Å²) in [7, 11) is 0. The fraction of sp³-hybridized carbons (Fsp3) is 0. The van der Waals surface area contributed by atoms with E-state index in [0.29, 0.717) is 0 Å². The lowest BCUT2D eigenvalue weighted by atomic mass is 10.0. The van der Waals surface area contributed by atoms with Crippen molar-refractivity contribution in [3.05, 3.63) is 73.5 Å². The SMILES string of the molecule is c1coc(-c2ccnc3c2ccc2c(-c4ccco4)ccnc23)c1. The summed E-state index contributed by atoms with van der Waals surface area (Å²) in [5.41, 5.74) is 3.74. The summed E-state index contributed by atoms with van der Waals surface area (Å²) in [4.78, 5) is 9.14. The summed E-state index contributed by atoms with van der Waals surface area (Å²) in [6, 6.07) is 15.7. The minimum atomic E-state index is 0.823. The molecular weight excluding hydrogens is 300 g/mol. The Balaban J connectivity index is 1.86. The molecule has 0 aliphatic heterocycles. The lowest BCUT2D eigenvalue weighted by molar-refractivity contribution is 0.582. The standard InChI is InChI=1S/C20H12N2O2/c1-3-17(23-11-1)13-7-9-21-19-15(13)5-6-16-14(8-10-22-20(16)19)18-4-2-12-24-18/h1-12H. The topological polar surface area (TPSA) is 52.1 Å². The zero-order valence-corrected chi connectivity index (χ0v) is 12.6. The van der Waals surface area contributed by atoms with Crippen LogP contribution in [0, 0.1) is 0 Å². The minimum absolute atomic E-state index is 0.823. The third kappa shape index (κ3) is 1.86. The number of aromatic nitrogens is 2. The molecule has 0 amide bonds. The van der Waals surface area contributed by atoms with E-state index in [-0.39, 0.29) is 0 Å². The highest BCUT2D eigenvalue weighted by Gasteiger charge is 2.13. The molecule has 0 unspecified atom stereocenters. The van der Waals surface area contributed by atoms with E-state index >= 15 is 0 Å². The Morgan fingerprint density at radius 2 is 1.08 bits per heavy atom. The molecule has 0 saturated carbocycles. The van der Waals surface area contributed by atoms with E-state index in [1.165, 1.54) is 0 Å². The highest BCUT2D eigenvalue weighted by molar-refractivity contribution is 6.10. The van der Waals surface area contributed by atoms with Gasteiger partial charge in [-0.05, 0) is 36.4 Å². The van der Waals surface area contributed by atoms with Crippen LogP contribution in [0.1, 0.15) is 0 Å². The fourth-order valence-corrected chi connectivity index (χ4v) is 3.12. The zero-order chi connectivity index (χ0) is 15.9. The molecule has 4 aromatic heterocycles. The molecule has 5 aromatic rings. The van der Waals surface area contributed by atoms with Crippen LogP contribution >= 0.6 is 0 Å². The second-order valence-electron chi connectivity index (χ2n) is 5.53. The van der Waals surface area contributed by atoms with Gasteiger partial charge < -0.3 is 8.83 Å². The first-order valence-electron chi connectivity index (χ1n) is 7.66. The zero-order valence-electron chi connectivity index (χ0n) is 12.6. The van der Waals surface area contributed by atoms with Gasteiger partial charge in [0.2, 0.25) is 0 Å². The Morgan fingerprint density at radius 3 is 1.50 bits per heavy atom. The maximum absolute atomic E-state index is 5.56. The molecule has 4 heterocycles. The highest BCUT2D eigenvalue weighted by Crippen LogP contribution is 2.34. The average Bonchev–Trinajstić information content (AvgIpc) is 3.34. The summed E-state index contributed by atoms with van der Waals surface area (Å²) in [5.74, 6) is 1.65. The Morgan fingerprint density at radius 1 is 0.583 bits per heavy atom. The smallest absolute Gasteiger partial charge is 0.134 e. The van der Waals surface area contributed by atoms with Gasteiger partial charge in [-0.15, -0.1) is 0 Å². The largest absolute Gasteiger partial charge is 0.464 e. The number of hydrogen-bond acceptors (Lipinski definition) is 4. The molecule has 0 fully saturated rings. The quantitative estimate of drug-likeness (QED) is 0.415. The van der Waals surface area contributed by atoms with Crippen molar-refractivity contribution in [3.8, 4) is 22.6 Å². The summed E-state index contributed by atoms with van der Waals surface area (Å²) < 4.78 is 11.1. The Kier molecular flexibility index (Phi) is 2.76. The number of furan rings is 2. The Hall–Kier alpha value is -3.40. The van der Waals surface area contributed by atoms with Crippen LogP contribution in [0.25, 0.3) is 44.5 Å². The number of fused-ring (bicyclic) bond motifs is 3. The van der Waals surface area contributed by atoms with Crippen LogP contribution in [-0.4, -0.2) is 9.97 Å². The van der Waals surface area contributed by atoms with Crippen LogP contribution in [0.15, 0.2) is 82.3 Å². The number of pyridine rings is 2. The molecule has 114 valence electrons. The average molecular weight is 312 g/mol. The van der Waals surface area contributed by atoms with Crippen LogP contribution in [0.2, 0.25) is 0 Å². The van der Waals surface area contributed by atoms with Gasteiger partial charge in [0.05, 0.1) is 23.6 Å². The molecule has 0 aliphatic rings. The third-order valence-electron chi connectivity index (χ3n) is 4.19. The molecule has 0 atom stereocenters. The van der Waals surface area contributed by atoms with Crippen LogP contribution in [0.3, 0.4) is 0 Å². The first kappa shape index (κ1) is 13.1. The molecule has 0 radical (unpaired) electrons. The van der Waals surface area contributed by atoms with Gasteiger partial charge in [0.1, 0.15) is 11.5 Å². The van der Waals surface area contributed by atoms with Gasteiger partial charge in [0.25, 0.3) is 0 Å². The Bertz CT molecular complexity index is 1050. The summed E-state index contributed by atoms with van der Waals surface area (Å²) in [5, 5.41) is 2.04. The molecule has 0 spiro atoms. The maximum Gasteiger partial charge on any atom is 0.134 e. The predicted octanol–water partition coefficient (Wildman–Crippen LogP) is 5.30. The molecule has 4 heteroatoms. The van der Waals surface area contributed by atoms with E-state index in [1.807, 2.05) is 36.4 Å². The first-order valence-corrected chi connectivity index (χ1v) is 7.66. The monoisotopic (exact) mass is 312 g/mol. The number of benzene rings is 1. The highest BCUT2D eigenvalue weighted by atomic mass is 16.3. The summed E-state index contributed by atoms with van der Waals surface area (Å²) in [6.07, 6.45) is 6.94. The van der Waals surface area contributed by atoms with Crippen molar-refractivity contribution in [2.75, 3.05) is 0 Å². The van der Waals surface area contributed by atoms with Crippen LogP contribution in [-0.2, 0) is 0 Å². The van der Waals surface area contributed by atoms with Crippen molar-refractivity contribution in [3.63, 3.8) is 0 Å². The molecule has 24 heavy (non-hydrogen) atoms. The second kappa shape index (κ2) is 5.06. The molecule has 1 aromatic carbocycles. The molecule has 0 saturated heterocycles. The van der Waals surface area contributed by atoms with E-state index in [0.717, 1.165) is 44.5 Å². The predicted molar refractivity (Wildman–Crippen MR) is 92.4 cm³/mol. The molecular formula is C20H12N2O2. The van der Waals surface area contributed by atoms with Crippen LogP contribution in [0.5, 0.6) is 0 Å². The van der Waals surface area contributed by atoms with Gasteiger partial charge in [-0.2, -0.15) is 0 Å². The van der Waals surface area contributed by atoms with Crippen molar-refractivity contribution in [2.24, 2.45) is 0 Å². The van der Waals surface area contributed by atoms with Gasteiger partial charge in [-0.3, -0.25) is 9.97 Å². The molecule has 0 aliphatic carbocycles. The summed E-state index contributed by atoms with van der Waals surface area (Å²) >= 11 is 0. The lowest BCUT2D eigenvalue weighted by Gasteiger charge is -2.08. The molecule has 0 bridgehead atoms. The van der Waals surface area contributed by atoms with Crippen molar-refractivity contribution in [1.82, 2.24) is 9.97 Å². The third-order valence-corrected chi connectivity index (χ3v) is 4.19. The second-order valence-corrected chi connectivity index (χ2v) is 5.53. The van der Waals surface area contributed by atoms with E-state index < -0.39 is 0 Å². The van der Waals surface area contributed by atoms with Gasteiger partial charge >= 0.3 is 0 Å². The number of rotatable bonds is 2. The van der Waals surface area contributed by atoms with Gasteiger partial charge in [-0.1, -0.05) is 12.1 Å². The van der Waals surface area contributed by atoms with Crippen molar-refractivity contribution < 1.29 is 8.83 Å². The first-order chi connectivity index (χ1) is 11.9. The summed E-state index contributed by atoms with van der Waals surface area (Å²) in [6.45, 7) is 0. The van der Waals surface area contributed by atoms with E-state index in [1.54, 1.807) is 24.9 Å². The maximum atomic E-state index is 5.56. The minimum Gasteiger partial charge on any atom is -0.464 e. The number of nitrogens with zero attached hydrogens (tertiary/aromatic N) is 2. The van der Waals surface area contributed by atoms with Gasteiger partial charge in [0, 0.05) is 34.3 Å². The van der Waals surface area contributed by atoms with E-state index in [9.17, 15) is 0 Å². The van der Waals surface area contributed by atoms with Crippen molar-refractivity contribution in [2.45, 2.75) is 0 Å². The lowest BCUT2D eigenvalue weighted by Crippen LogP contribution is -1.89. The van der Waals surface area contributed by atoms with Gasteiger partial charge in [0.15, 0.2) is 0 Å². The Labute approximate surface area is 137 Å². The van der Waals surface area contributed by atoms with Crippen molar-refractivity contribution in [1.29, 1.82) is 0 Å². The molecule has 0 N–H and O–H groups in total. The molecule has 5 rings (SSSR count). The fourth-order valence-electron chi connectivity index (χ4n) is 3.12. The van der Waals surface area contributed by atoms with Crippen LogP contribution in [0.4, 0.5) is 0 Å². The number of hydrogen-bond donors (Lipinski definition) is 0. The molecule has 4 nitrogen and oxygen atoms in total. The van der Waals surface area contributed by atoms with E-state index in [4.69, 9.17) is 8.83 Å². The normalized spacial score (nSPS) is 11.3. The van der Waals surface area contributed by atoms with Crippen molar-refractivity contribution >= 4 is 21.8 Å². The van der Waals surface area contributed by atoms with Gasteiger partial charge in [-0.25, -0.2) is 0 Å².